The van der Waals surface area contributed by atoms with Crippen molar-refractivity contribution in [2.75, 3.05) is 5.32 Å². The molecule has 1 N–H and O–H groups in total. The van der Waals surface area contributed by atoms with Crippen molar-refractivity contribution in [2.45, 2.75) is 12.8 Å². The van der Waals surface area contributed by atoms with Gasteiger partial charge in [-0.05, 0) is 24.3 Å². The number of aromatic nitrogens is 4. The molecule has 0 aliphatic carbocycles. The van der Waals surface area contributed by atoms with E-state index in [1.165, 1.54) is 11.3 Å². The smallest absolute Gasteiger partial charge is 0.227 e. The van der Waals surface area contributed by atoms with Crippen molar-refractivity contribution >= 4 is 32.6 Å². The van der Waals surface area contributed by atoms with Gasteiger partial charge in [-0.3, -0.25) is 9.78 Å². The lowest BCUT2D eigenvalue weighted by Gasteiger charge is -1.98. The third-order valence-electron chi connectivity index (χ3n) is 3.49. The van der Waals surface area contributed by atoms with Crippen LogP contribution in [0.4, 0.5) is 5.13 Å². The van der Waals surface area contributed by atoms with Crippen LogP contribution in [0.1, 0.15) is 12.3 Å². The summed E-state index contributed by atoms with van der Waals surface area (Å²) in [5, 5.41) is 7.31. The number of hydrogen-bond donors (Lipinski definition) is 1. The van der Waals surface area contributed by atoms with Crippen LogP contribution >= 0.6 is 11.3 Å². The van der Waals surface area contributed by atoms with E-state index in [4.69, 9.17) is 4.52 Å². The monoisotopic (exact) mass is 351 g/mol. The summed E-state index contributed by atoms with van der Waals surface area (Å²) in [7, 11) is 0. The molecule has 4 rings (SSSR count). The first kappa shape index (κ1) is 15.4. The van der Waals surface area contributed by atoms with E-state index < -0.39 is 0 Å². The zero-order valence-corrected chi connectivity index (χ0v) is 13.9. The summed E-state index contributed by atoms with van der Waals surface area (Å²) in [6.07, 6.45) is 3.94. The van der Waals surface area contributed by atoms with E-state index >= 15 is 0 Å². The maximum Gasteiger partial charge on any atom is 0.227 e. The molecule has 0 saturated heterocycles. The predicted molar refractivity (Wildman–Crippen MR) is 94.1 cm³/mol. The number of nitrogens with zero attached hydrogens (tertiary/aromatic N) is 4. The fourth-order valence-corrected chi connectivity index (χ4v) is 3.18. The maximum absolute atomic E-state index is 12.1. The largest absolute Gasteiger partial charge is 0.339 e. The van der Waals surface area contributed by atoms with Crippen LogP contribution in [0, 0.1) is 0 Å². The van der Waals surface area contributed by atoms with Gasteiger partial charge in [-0.2, -0.15) is 4.98 Å². The Labute approximate surface area is 146 Å². The number of rotatable bonds is 5. The van der Waals surface area contributed by atoms with Crippen molar-refractivity contribution < 1.29 is 9.32 Å². The first-order valence-electron chi connectivity index (χ1n) is 7.66. The number of aryl methyl sites for hydroxylation is 1. The summed E-state index contributed by atoms with van der Waals surface area (Å²) in [5.74, 6) is 0.744. The normalized spacial score (nSPS) is 10.9. The second kappa shape index (κ2) is 6.78. The van der Waals surface area contributed by atoms with Crippen molar-refractivity contribution in [3.05, 3.63) is 54.7 Å². The number of amides is 1. The third kappa shape index (κ3) is 3.53. The Morgan fingerprint density at radius 3 is 2.92 bits per heavy atom. The summed E-state index contributed by atoms with van der Waals surface area (Å²) < 4.78 is 6.22. The quantitative estimate of drug-likeness (QED) is 0.593. The molecule has 7 nitrogen and oxygen atoms in total. The molecular weight excluding hydrogens is 338 g/mol. The Balaban J connectivity index is 1.36. The molecule has 0 spiro atoms. The van der Waals surface area contributed by atoms with E-state index in [0.717, 1.165) is 15.8 Å². The lowest BCUT2D eigenvalue weighted by Crippen LogP contribution is -2.12. The Hall–Kier alpha value is -3.13. The van der Waals surface area contributed by atoms with Crippen LogP contribution < -0.4 is 5.32 Å². The number of carbonyl (C=O) groups excluding carboxylic acids is 1. The molecule has 3 aromatic heterocycles. The number of anilines is 1. The number of nitrogens with one attached hydrogen (secondary N) is 1. The zero-order chi connectivity index (χ0) is 17.1. The average molecular weight is 351 g/mol. The molecule has 0 aliphatic rings. The van der Waals surface area contributed by atoms with Crippen molar-refractivity contribution in [1.82, 2.24) is 20.1 Å². The SMILES string of the molecule is O=C(CCc1nc(-c2cccnc2)no1)Nc1nc2ccccc2s1. The van der Waals surface area contributed by atoms with Gasteiger partial charge in [0.1, 0.15) is 0 Å². The molecule has 1 amide bonds. The number of thiazole rings is 1. The van der Waals surface area contributed by atoms with Crippen LogP contribution in [0.3, 0.4) is 0 Å². The molecule has 0 saturated carbocycles. The Kier molecular flexibility index (Phi) is 4.17. The highest BCUT2D eigenvalue weighted by Gasteiger charge is 2.12. The fraction of sp³-hybridized carbons (Fsp3) is 0.118. The molecular formula is C17H13N5O2S. The van der Waals surface area contributed by atoms with Crippen molar-refractivity contribution in [2.24, 2.45) is 0 Å². The van der Waals surface area contributed by atoms with Crippen molar-refractivity contribution in [3.63, 3.8) is 0 Å². The van der Waals surface area contributed by atoms with Crippen molar-refractivity contribution in [1.29, 1.82) is 0 Å². The van der Waals surface area contributed by atoms with E-state index in [9.17, 15) is 4.79 Å². The maximum atomic E-state index is 12.1. The summed E-state index contributed by atoms with van der Waals surface area (Å²) >= 11 is 1.45. The molecule has 124 valence electrons. The predicted octanol–water partition coefficient (Wildman–Crippen LogP) is 3.31. The molecule has 0 radical (unpaired) electrons. The molecule has 0 aliphatic heterocycles. The summed E-state index contributed by atoms with van der Waals surface area (Å²) in [6.45, 7) is 0. The van der Waals surface area contributed by atoms with Gasteiger partial charge in [0.2, 0.25) is 17.6 Å². The van der Waals surface area contributed by atoms with Crippen LogP contribution in [0.15, 0.2) is 53.3 Å². The van der Waals surface area contributed by atoms with Gasteiger partial charge in [-0.25, -0.2) is 4.98 Å². The third-order valence-corrected chi connectivity index (χ3v) is 4.45. The minimum Gasteiger partial charge on any atom is -0.339 e. The summed E-state index contributed by atoms with van der Waals surface area (Å²) in [6, 6.07) is 11.4. The van der Waals surface area contributed by atoms with Gasteiger partial charge in [0.15, 0.2) is 5.13 Å². The highest BCUT2D eigenvalue weighted by atomic mass is 32.1. The number of pyridine rings is 1. The topological polar surface area (TPSA) is 93.8 Å². The van der Waals surface area contributed by atoms with Crippen LogP contribution in [0.25, 0.3) is 21.6 Å². The van der Waals surface area contributed by atoms with Crippen LogP contribution in [-0.4, -0.2) is 26.0 Å². The second-order valence-electron chi connectivity index (χ2n) is 5.29. The summed E-state index contributed by atoms with van der Waals surface area (Å²) in [4.78, 5) is 24.8. The van der Waals surface area contributed by atoms with Crippen LogP contribution in [0.2, 0.25) is 0 Å². The number of benzene rings is 1. The minimum atomic E-state index is -0.139. The average Bonchev–Trinajstić information content (AvgIpc) is 3.27. The molecule has 0 fully saturated rings. The summed E-state index contributed by atoms with van der Waals surface area (Å²) in [5.41, 5.74) is 1.65. The molecule has 1 aromatic carbocycles. The van der Waals surface area contributed by atoms with E-state index in [0.29, 0.717) is 23.3 Å². The highest BCUT2D eigenvalue weighted by molar-refractivity contribution is 7.22. The number of para-hydroxylation sites is 1. The minimum absolute atomic E-state index is 0.139. The fourth-order valence-electron chi connectivity index (χ4n) is 2.30. The van der Waals surface area contributed by atoms with E-state index in [1.807, 2.05) is 30.3 Å². The molecule has 8 heteroatoms. The molecule has 0 unspecified atom stereocenters. The highest BCUT2D eigenvalue weighted by Crippen LogP contribution is 2.25. The van der Waals surface area contributed by atoms with Gasteiger partial charge < -0.3 is 9.84 Å². The molecule has 4 aromatic rings. The van der Waals surface area contributed by atoms with E-state index in [2.05, 4.69) is 25.4 Å². The molecule has 0 atom stereocenters. The number of fused-ring (bicyclic) bond motifs is 1. The Bertz CT molecular complexity index is 979. The number of hydrogen-bond acceptors (Lipinski definition) is 7. The second-order valence-corrected chi connectivity index (χ2v) is 6.32. The molecule has 0 bridgehead atoms. The zero-order valence-electron chi connectivity index (χ0n) is 13.0. The molecule has 3 heterocycles. The van der Waals surface area contributed by atoms with Gasteiger partial charge in [-0.15, -0.1) is 0 Å². The lowest BCUT2D eigenvalue weighted by atomic mass is 10.2. The Morgan fingerprint density at radius 1 is 1.16 bits per heavy atom. The van der Waals surface area contributed by atoms with E-state index in [-0.39, 0.29) is 12.3 Å². The first-order valence-corrected chi connectivity index (χ1v) is 8.48. The van der Waals surface area contributed by atoms with Crippen molar-refractivity contribution in [3.8, 4) is 11.4 Å². The Morgan fingerprint density at radius 2 is 2.08 bits per heavy atom. The van der Waals surface area contributed by atoms with E-state index in [1.54, 1.807) is 18.5 Å². The van der Waals surface area contributed by atoms with Gasteiger partial charge in [0.25, 0.3) is 0 Å². The van der Waals surface area contributed by atoms with Gasteiger partial charge >= 0.3 is 0 Å². The standard InChI is InChI=1S/C17H13N5O2S/c23-14(20-17-19-12-5-1-2-6-13(12)25-17)7-8-15-21-16(22-24-15)11-4-3-9-18-10-11/h1-6,9-10H,7-8H2,(H,19,20,23). The lowest BCUT2D eigenvalue weighted by molar-refractivity contribution is -0.116. The van der Waals surface area contributed by atoms with Gasteiger partial charge in [-0.1, -0.05) is 28.6 Å². The van der Waals surface area contributed by atoms with Crippen LogP contribution in [0.5, 0.6) is 0 Å². The van der Waals surface area contributed by atoms with Gasteiger partial charge in [0.05, 0.1) is 10.2 Å². The molecule has 25 heavy (non-hydrogen) atoms. The van der Waals surface area contributed by atoms with Gasteiger partial charge in [0, 0.05) is 30.8 Å². The number of carbonyl (C=O) groups is 1. The van der Waals surface area contributed by atoms with Crippen LogP contribution in [-0.2, 0) is 11.2 Å². The first-order chi connectivity index (χ1) is 12.3.